The van der Waals surface area contributed by atoms with E-state index < -0.39 is 23.4 Å². The molecule has 1 aromatic rings. The van der Waals surface area contributed by atoms with Crippen LogP contribution in [0.15, 0.2) is 18.2 Å². The fourth-order valence-electron chi connectivity index (χ4n) is 2.18. The van der Waals surface area contributed by atoms with E-state index in [2.05, 4.69) is 0 Å². The number of carbonyl (C=O) groups excluding carboxylic acids is 2. The maximum atomic E-state index is 12.6. The van der Waals surface area contributed by atoms with Crippen LogP contribution in [-0.2, 0) is 16.0 Å². The molecule has 26 heavy (non-hydrogen) atoms. The van der Waals surface area contributed by atoms with Crippen molar-refractivity contribution in [3.63, 3.8) is 0 Å². The molecule has 0 aliphatic heterocycles. The summed E-state index contributed by atoms with van der Waals surface area (Å²) in [5.41, 5.74) is 6.51. The van der Waals surface area contributed by atoms with Crippen LogP contribution in [0.25, 0.3) is 0 Å². The largest absolute Gasteiger partial charge is 0.443 e. The molecule has 0 heterocycles. The van der Waals surface area contributed by atoms with Gasteiger partial charge in [-0.25, -0.2) is 14.5 Å². The SMILES string of the molecule is CN(C)c1ccc(N)cc1CN(C(=O)OC(C)(C)C)C(=O)OC(C)(C)C. The lowest BCUT2D eigenvalue weighted by atomic mass is 10.1. The molecule has 0 aliphatic carbocycles. The maximum Gasteiger partial charge on any atom is 0.420 e. The number of rotatable bonds is 3. The van der Waals surface area contributed by atoms with Gasteiger partial charge in [-0.05, 0) is 65.3 Å². The molecule has 0 radical (unpaired) electrons. The van der Waals surface area contributed by atoms with Gasteiger partial charge in [0.2, 0.25) is 0 Å². The highest BCUT2D eigenvalue weighted by molar-refractivity contribution is 5.88. The van der Waals surface area contributed by atoms with Gasteiger partial charge in [-0.2, -0.15) is 0 Å². The van der Waals surface area contributed by atoms with Gasteiger partial charge in [-0.15, -0.1) is 0 Å². The Kier molecular flexibility index (Phi) is 6.52. The van der Waals surface area contributed by atoms with Crippen molar-refractivity contribution in [1.29, 1.82) is 0 Å². The van der Waals surface area contributed by atoms with Gasteiger partial charge in [-0.3, -0.25) is 0 Å². The van der Waals surface area contributed by atoms with Gasteiger partial charge in [0.25, 0.3) is 0 Å². The number of nitrogens with zero attached hydrogens (tertiary/aromatic N) is 2. The van der Waals surface area contributed by atoms with E-state index in [9.17, 15) is 9.59 Å². The number of hydrogen-bond donors (Lipinski definition) is 1. The van der Waals surface area contributed by atoms with Gasteiger partial charge in [0, 0.05) is 25.5 Å². The molecule has 1 aromatic carbocycles. The van der Waals surface area contributed by atoms with Crippen molar-refractivity contribution in [2.75, 3.05) is 24.7 Å². The van der Waals surface area contributed by atoms with Crippen LogP contribution in [0.4, 0.5) is 21.0 Å². The monoisotopic (exact) mass is 365 g/mol. The van der Waals surface area contributed by atoms with Gasteiger partial charge in [0.15, 0.2) is 0 Å². The number of benzene rings is 1. The Morgan fingerprint density at radius 1 is 0.962 bits per heavy atom. The first kappa shape index (κ1) is 21.6. The Morgan fingerprint density at radius 3 is 1.81 bits per heavy atom. The molecule has 0 fully saturated rings. The summed E-state index contributed by atoms with van der Waals surface area (Å²) in [5.74, 6) is 0. The van der Waals surface area contributed by atoms with Gasteiger partial charge >= 0.3 is 12.2 Å². The van der Waals surface area contributed by atoms with Crippen molar-refractivity contribution >= 4 is 23.6 Å². The minimum Gasteiger partial charge on any atom is -0.443 e. The average Bonchev–Trinajstić information content (AvgIpc) is 2.40. The summed E-state index contributed by atoms with van der Waals surface area (Å²) in [4.78, 5) is 28.1. The first-order valence-electron chi connectivity index (χ1n) is 8.49. The van der Waals surface area contributed by atoms with Gasteiger partial charge in [0.1, 0.15) is 11.2 Å². The lowest BCUT2D eigenvalue weighted by molar-refractivity contribution is -0.000215. The Bertz CT molecular complexity index is 630. The molecular weight excluding hydrogens is 334 g/mol. The Hall–Kier alpha value is -2.44. The molecule has 0 saturated heterocycles. The summed E-state index contributed by atoms with van der Waals surface area (Å²) in [7, 11) is 3.75. The fraction of sp³-hybridized carbons (Fsp3) is 0.579. The molecule has 0 bridgehead atoms. The maximum absolute atomic E-state index is 12.6. The van der Waals surface area contributed by atoms with Gasteiger partial charge < -0.3 is 20.1 Å². The first-order chi connectivity index (χ1) is 11.7. The second-order valence-corrected chi connectivity index (χ2v) is 8.33. The Morgan fingerprint density at radius 2 is 1.42 bits per heavy atom. The number of anilines is 2. The highest BCUT2D eigenvalue weighted by atomic mass is 16.6. The third-order valence-corrected chi connectivity index (χ3v) is 3.14. The van der Waals surface area contributed by atoms with Crippen molar-refractivity contribution in [3.8, 4) is 0 Å². The van der Waals surface area contributed by atoms with Crippen molar-refractivity contribution in [3.05, 3.63) is 23.8 Å². The van der Waals surface area contributed by atoms with E-state index in [1.165, 1.54) is 0 Å². The summed E-state index contributed by atoms with van der Waals surface area (Å²) in [6.07, 6.45) is -1.53. The quantitative estimate of drug-likeness (QED) is 0.815. The number of hydrogen-bond acceptors (Lipinski definition) is 6. The smallest absolute Gasteiger partial charge is 0.420 e. The van der Waals surface area contributed by atoms with E-state index in [-0.39, 0.29) is 6.54 Å². The molecule has 0 saturated carbocycles. The minimum absolute atomic E-state index is 0.0115. The highest BCUT2D eigenvalue weighted by Crippen LogP contribution is 2.25. The summed E-state index contributed by atoms with van der Waals surface area (Å²) in [5, 5.41) is 0. The van der Waals surface area contributed by atoms with E-state index in [0.717, 1.165) is 10.6 Å². The molecule has 0 aliphatic rings. The average molecular weight is 365 g/mol. The first-order valence-corrected chi connectivity index (χ1v) is 8.49. The predicted octanol–water partition coefficient (Wildman–Crippen LogP) is 4.01. The van der Waals surface area contributed by atoms with Gasteiger partial charge in [-0.1, -0.05) is 0 Å². The van der Waals surface area contributed by atoms with Crippen LogP contribution in [0.5, 0.6) is 0 Å². The van der Waals surface area contributed by atoms with Crippen LogP contribution in [-0.4, -0.2) is 42.4 Å². The summed E-state index contributed by atoms with van der Waals surface area (Å²) >= 11 is 0. The van der Waals surface area contributed by atoms with Gasteiger partial charge in [0.05, 0.1) is 6.54 Å². The van der Waals surface area contributed by atoms with Crippen molar-refractivity contribution in [2.45, 2.75) is 59.3 Å². The second kappa shape index (κ2) is 7.85. The molecule has 7 heteroatoms. The van der Waals surface area contributed by atoms with Crippen LogP contribution >= 0.6 is 0 Å². The zero-order valence-corrected chi connectivity index (χ0v) is 17.0. The Balaban J connectivity index is 3.23. The summed E-state index contributed by atoms with van der Waals surface area (Å²) in [6, 6.07) is 5.34. The van der Waals surface area contributed by atoms with Crippen LogP contribution in [0.2, 0.25) is 0 Å². The number of imide groups is 1. The third-order valence-electron chi connectivity index (χ3n) is 3.14. The third kappa shape index (κ3) is 6.82. The van der Waals surface area contributed by atoms with Crippen LogP contribution < -0.4 is 10.6 Å². The zero-order chi connectivity index (χ0) is 20.3. The molecule has 2 amide bonds. The second-order valence-electron chi connectivity index (χ2n) is 8.33. The fourth-order valence-corrected chi connectivity index (χ4v) is 2.18. The van der Waals surface area contributed by atoms with Crippen LogP contribution in [0, 0.1) is 0 Å². The lowest BCUT2D eigenvalue weighted by Gasteiger charge is -2.29. The van der Waals surface area contributed by atoms with Crippen molar-refractivity contribution in [1.82, 2.24) is 4.90 Å². The summed E-state index contributed by atoms with van der Waals surface area (Å²) in [6.45, 7) is 10.4. The molecular formula is C19H31N3O4. The van der Waals surface area contributed by atoms with Crippen LogP contribution in [0.3, 0.4) is 0 Å². The molecule has 146 valence electrons. The van der Waals surface area contributed by atoms with E-state index in [4.69, 9.17) is 15.2 Å². The molecule has 7 nitrogen and oxygen atoms in total. The molecule has 0 unspecified atom stereocenters. The normalized spacial score (nSPS) is 11.7. The molecule has 0 spiro atoms. The van der Waals surface area contributed by atoms with E-state index >= 15 is 0 Å². The molecule has 0 atom stereocenters. The predicted molar refractivity (Wildman–Crippen MR) is 103 cm³/mol. The number of carbonyl (C=O) groups is 2. The number of nitrogens with two attached hydrogens (primary N) is 1. The number of ether oxygens (including phenoxy) is 2. The Labute approximate surface area is 156 Å². The van der Waals surface area contributed by atoms with E-state index in [1.54, 1.807) is 53.7 Å². The highest BCUT2D eigenvalue weighted by Gasteiger charge is 2.32. The zero-order valence-electron chi connectivity index (χ0n) is 17.0. The number of nitrogen functional groups attached to an aromatic ring is 1. The molecule has 1 rings (SSSR count). The molecule has 2 N–H and O–H groups in total. The van der Waals surface area contributed by atoms with E-state index in [1.807, 2.05) is 25.1 Å². The van der Waals surface area contributed by atoms with E-state index in [0.29, 0.717) is 11.3 Å². The molecule has 0 aromatic heterocycles. The van der Waals surface area contributed by atoms with Crippen molar-refractivity contribution in [2.24, 2.45) is 0 Å². The van der Waals surface area contributed by atoms with Crippen molar-refractivity contribution < 1.29 is 19.1 Å². The topological polar surface area (TPSA) is 85.1 Å². The summed E-state index contributed by atoms with van der Waals surface area (Å²) < 4.78 is 10.8. The number of amides is 2. The lowest BCUT2D eigenvalue weighted by Crippen LogP contribution is -2.43. The minimum atomic E-state index is -0.765. The standard InChI is InChI=1S/C19H31N3O4/c1-18(2,3)25-16(23)22(17(24)26-19(4,5)6)12-13-11-14(20)9-10-15(13)21(7)8/h9-11H,12,20H2,1-8H3. The van der Waals surface area contributed by atoms with Crippen LogP contribution in [0.1, 0.15) is 47.1 Å².